The zero-order chi connectivity index (χ0) is 15.5. The maximum atomic E-state index is 12.6. The first-order valence-corrected chi connectivity index (χ1v) is 6.69. The normalized spacial score (nSPS) is 11.4. The van der Waals surface area contributed by atoms with Crippen LogP contribution < -0.4 is 0 Å². The van der Waals surface area contributed by atoms with Crippen LogP contribution in [-0.2, 0) is 12.6 Å². The fraction of sp³-hybridized carbons (Fsp3) is 0.188. The third-order valence-electron chi connectivity index (χ3n) is 3.08. The molecule has 0 spiro atoms. The van der Waals surface area contributed by atoms with Crippen molar-refractivity contribution in [2.45, 2.75) is 19.0 Å². The van der Waals surface area contributed by atoms with E-state index < -0.39 is 16.8 Å². The highest BCUT2D eigenvalue weighted by Gasteiger charge is 2.33. The molecule has 0 atom stereocenters. The van der Waals surface area contributed by atoms with Gasteiger partial charge in [0, 0.05) is 12.0 Å². The fourth-order valence-electron chi connectivity index (χ4n) is 1.97. The van der Waals surface area contributed by atoms with Gasteiger partial charge in [0.05, 0.1) is 10.6 Å². The molecule has 21 heavy (non-hydrogen) atoms. The predicted molar refractivity (Wildman–Crippen MR) is 75.5 cm³/mol. The van der Waals surface area contributed by atoms with Gasteiger partial charge in [0.2, 0.25) is 0 Å². The zero-order valence-electron chi connectivity index (χ0n) is 11.0. The number of Topliss-reactive ketones (excluding diaryl/α,β-unsaturated/α-hetero) is 1. The van der Waals surface area contributed by atoms with Crippen molar-refractivity contribution in [3.05, 3.63) is 70.2 Å². The minimum Gasteiger partial charge on any atom is -0.294 e. The van der Waals surface area contributed by atoms with E-state index in [2.05, 4.69) is 0 Å². The molecule has 0 radical (unpaired) electrons. The van der Waals surface area contributed by atoms with Gasteiger partial charge in [0.1, 0.15) is 0 Å². The minimum absolute atomic E-state index is 0.198. The summed E-state index contributed by atoms with van der Waals surface area (Å²) in [5.74, 6) is -0.227. The summed E-state index contributed by atoms with van der Waals surface area (Å²) in [4.78, 5) is 12.0. The number of benzene rings is 2. The molecule has 1 nitrogen and oxygen atoms in total. The van der Waals surface area contributed by atoms with Crippen molar-refractivity contribution in [3.8, 4) is 0 Å². The van der Waals surface area contributed by atoms with Gasteiger partial charge in [-0.25, -0.2) is 0 Å². The predicted octanol–water partition coefficient (Wildman–Crippen LogP) is 5.17. The summed E-state index contributed by atoms with van der Waals surface area (Å²) in [6, 6.07) is 12.5. The summed E-state index contributed by atoms with van der Waals surface area (Å²) >= 11 is 5.60. The Labute approximate surface area is 125 Å². The molecule has 0 saturated carbocycles. The Balaban J connectivity index is 2.08. The van der Waals surface area contributed by atoms with Crippen LogP contribution in [0.5, 0.6) is 0 Å². The van der Waals surface area contributed by atoms with Crippen molar-refractivity contribution >= 4 is 17.4 Å². The third-order valence-corrected chi connectivity index (χ3v) is 3.39. The summed E-state index contributed by atoms with van der Waals surface area (Å²) in [5, 5.41) is -0.451. The average molecular weight is 313 g/mol. The molecule has 0 unspecified atom stereocenters. The smallest absolute Gasteiger partial charge is 0.294 e. The van der Waals surface area contributed by atoms with E-state index in [0.29, 0.717) is 6.42 Å². The molecule has 0 fully saturated rings. The summed E-state index contributed by atoms with van der Waals surface area (Å²) in [5.41, 5.74) is 0.275. The fourth-order valence-corrected chi connectivity index (χ4v) is 2.25. The molecule has 0 amide bonds. The maximum Gasteiger partial charge on any atom is 0.417 e. The molecule has 0 aromatic heterocycles. The second kappa shape index (κ2) is 6.31. The molecule has 0 N–H and O–H groups in total. The number of alkyl halides is 3. The summed E-state index contributed by atoms with van der Waals surface area (Å²) < 4.78 is 37.7. The molecule has 2 rings (SSSR count). The quantitative estimate of drug-likeness (QED) is 0.711. The van der Waals surface area contributed by atoms with Crippen molar-refractivity contribution in [2.24, 2.45) is 0 Å². The first kappa shape index (κ1) is 15.6. The van der Waals surface area contributed by atoms with Crippen molar-refractivity contribution in [3.63, 3.8) is 0 Å². The van der Waals surface area contributed by atoms with Crippen LogP contribution in [0.25, 0.3) is 0 Å². The number of rotatable bonds is 4. The highest BCUT2D eigenvalue weighted by molar-refractivity contribution is 6.31. The molecule has 2 aromatic rings. The van der Waals surface area contributed by atoms with Gasteiger partial charge in [0.25, 0.3) is 0 Å². The van der Waals surface area contributed by atoms with Crippen LogP contribution in [0.2, 0.25) is 5.02 Å². The Kier molecular flexibility index (Phi) is 4.68. The van der Waals surface area contributed by atoms with Crippen LogP contribution in [0.4, 0.5) is 13.2 Å². The van der Waals surface area contributed by atoms with Crippen LogP contribution >= 0.6 is 11.6 Å². The maximum absolute atomic E-state index is 12.6. The third kappa shape index (κ3) is 4.08. The molecular formula is C16H12ClF3O. The lowest BCUT2D eigenvalue weighted by molar-refractivity contribution is -0.137. The van der Waals surface area contributed by atoms with Gasteiger partial charge >= 0.3 is 6.18 Å². The highest BCUT2D eigenvalue weighted by atomic mass is 35.5. The van der Waals surface area contributed by atoms with Gasteiger partial charge in [-0.05, 0) is 24.1 Å². The van der Waals surface area contributed by atoms with E-state index in [1.807, 2.05) is 30.3 Å². The van der Waals surface area contributed by atoms with Crippen LogP contribution in [0.15, 0.2) is 48.5 Å². The van der Waals surface area contributed by atoms with E-state index in [4.69, 9.17) is 11.6 Å². The number of halogens is 4. The first-order chi connectivity index (χ1) is 9.88. The van der Waals surface area contributed by atoms with Gasteiger partial charge in [-0.15, -0.1) is 0 Å². The standard InChI is InChI=1S/C16H12ClF3O/c17-14-10-12(7-8-13(14)16(18,19)20)15(21)9-6-11-4-2-1-3-5-11/h1-5,7-8,10H,6,9H2. The molecule has 0 heterocycles. The molecule has 0 aliphatic carbocycles. The highest BCUT2D eigenvalue weighted by Crippen LogP contribution is 2.35. The number of ketones is 1. The lowest BCUT2D eigenvalue weighted by atomic mass is 10.0. The monoisotopic (exact) mass is 312 g/mol. The van der Waals surface area contributed by atoms with E-state index in [1.54, 1.807) is 0 Å². The second-order valence-electron chi connectivity index (χ2n) is 4.60. The van der Waals surface area contributed by atoms with Gasteiger partial charge in [-0.3, -0.25) is 4.79 Å². The van der Waals surface area contributed by atoms with Crippen molar-refractivity contribution in [1.29, 1.82) is 0 Å². The summed E-state index contributed by atoms with van der Waals surface area (Å²) in [7, 11) is 0. The molecular weight excluding hydrogens is 301 g/mol. The van der Waals surface area contributed by atoms with Gasteiger partial charge in [-0.2, -0.15) is 13.2 Å². The number of carbonyl (C=O) groups excluding carboxylic acids is 1. The molecule has 5 heteroatoms. The lowest BCUT2D eigenvalue weighted by Crippen LogP contribution is -2.08. The number of carbonyl (C=O) groups is 1. The van der Waals surface area contributed by atoms with Crippen molar-refractivity contribution < 1.29 is 18.0 Å². The SMILES string of the molecule is O=C(CCc1ccccc1)c1ccc(C(F)(F)F)c(Cl)c1. The molecule has 0 bridgehead atoms. The van der Waals surface area contributed by atoms with Crippen LogP contribution in [-0.4, -0.2) is 5.78 Å². The average Bonchev–Trinajstić information content (AvgIpc) is 2.44. The molecule has 2 aromatic carbocycles. The van der Waals surface area contributed by atoms with Crippen LogP contribution in [0.3, 0.4) is 0 Å². The number of hydrogen-bond acceptors (Lipinski definition) is 1. The molecule has 0 saturated heterocycles. The number of aryl methyl sites for hydroxylation is 1. The van der Waals surface area contributed by atoms with Gasteiger partial charge in [0.15, 0.2) is 5.78 Å². The van der Waals surface area contributed by atoms with Crippen LogP contribution in [0, 0.1) is 0 Å². The lowest BCUT2D eigenvalue weighted by Gasteiger charge is -2.10. The van der Waals surface area contributed by atoms with Gasteiger partial charge < -0.3 is 0 Å². The Morgan fingerprint density at radius 2 is 1.71 bits per heavy atom. The Bertz CT molecular complexity index is 636. The summed E-state index contributed by atoms with van der Waals surface area (Å²) in [6.45, 7) is 0. The van der Waals surface area contributed by atoms with Crippen molar-refractivity contribution in [1.82, 2.24) is 0 Å². The van der Waals surface area contributed by atoms with E-state index in [1.165, 1.54) is 6.07 Å². The van der Waals surface area contributed by atoms with E-state index in [9.17, 15) is 18.0 Å². The zero-order valence-corrected chi connectivity index (χ0v) is 11.7. The summed E-state index contributed by atoms with van der Waals surface area (Å²) in [6.07, 6.45) is -3.74. The van der Waals surface area contributed by atoms with Gasteiger partial charge in [-0.1, -0.05) is 48.0 Å². The molecule has 110 valence electrons. The molecule has 0 aliphatic heterocycles. The number of hydrogen-bond donors (Lipinski definition) is 0. The van der Waals surface area contributed by atoms with Crippen LogP contribution in [0.1, 0.15) is 27.9 Å². The largest absolute Gasteiger partial charge is 0.417 e. The molecule has 0 aliphatic rings. The van der Waals surface area contributed by atoms with E-state index in [0.717, 1.165) is 17.7 Å². The van der Waals surface area contributed by atoms with Crippen molar-refractivity contribution in [2.75, 3.05) is 0 Å². The topological polar surface area (TPSA) is 17.1 Å². The first-order valence-electron chi connectivity index (χ1n) is 6.32. The van der Waals surface area contributed by atoms with E-state index in [-0.39, 0.29) is 17.8 Å². The second-order valence-corrected chi connectivity index (χ2v) is 5.01. The Morgan fingerprint density at radius 1 is 1.05 bits per heavy atom. The Morgan fingerprint density at radius 3 is 2.29 bits per heavy atom. The Hall–Kier alpha value is -1.81. The van der Waals surface area contributed by atoms with E-state index >= 15 is 0 Å². The minimum atomic E-state index is -4.51.